The highest BCUT2D eigenvalue weighted by Gasteiger charge is 2.23. The maximum Gasteiger partial charge on any atom is 0.323 e. The molecule has 0 unspecified atom stereocenters. The number of hydrogen-bond acceptors (Lipinski definition) is 4. The van der Waals surface area contributed by atoms with Crippen molar-refractivity contribution in [1.29, 1.82) is 0 Å². The highest BCUT2D eigenvalue weighted by atomic mass is 16.4. The molecule has 0 fully saturated rings. The molecule has 7 heteroatoms. The van der Waals surface area contributed by atoms with E-state index in [1.54, 1.807) is 6.92 Å². The summed E-state index contributed by atoms with van der Waals surface area (Å²) in [6.45, 7) is 0.765. The van der Waals surface area contributed by atoms with Gasteiger partial charge in [0.05, 0.1) is 11.8 Å². The number of hydrogen-bond donors (Lipinski definition) is 2. The number of aryl methyl sites for hydroxylation is 1. The van der Waals surface area contributed by atoms with E-state index in [0.717, 1.165) is 4.90 Å². The van der Waals surface area contributed by atoms with Gasteiger partial charge in [-0.3, -0.25) is 14.4 Å². The fourth-order valence-corrected chi connectivity index (χ4v) is 1.53. The van der Waals surface area contributed by atoms with Crippen LogP contribution in [0.25, 0.3) is 0 Å². The van der Waals surface area contributed by atoms with Crippen LogP contribution < -0.4 is 5.73 Å². The molecule has 3 N–H and O–H groups in total. The summed E-state index contributed by atoms with van der Waals surface area (Å²) in [7, 11) is 0. The summed E-state index contributed by atoms with van der Waals surface area (Å²) in [5, 5.41) is 8.70. The van der Waals surface area contributed by atoms with Crippen LogP contribution in [0.4, 0.5) is 0 Å². The van der Waals surface area contributed by atoms with Crippen LogP contribution in [0.5, 0.6) is 0 Å². The average Bonchev–Trinajstić information content (AvgIpc) is 2.73. The molecule has 0 radical (unpaired) electrons. The molecule has 7 nitrogen and oxygen atoms in total. The third kappa shape index (κ3) is 3.34. The molecule has 0 aliphatic rings. The standard InChI is InChI=1S/C11H14N2O5/c1-2-8-7(3-4-18-8)11(17)13(5-9(12)14)6-10(15)16/h3-4H,2,5-6H2,1H3,(H2,12,14)(H,15,16). The monoisotopic (exact) mass is 254 g/mol. The number of furan rings is 1. The number of carboxylic acids is 1. The van der Waals surface area contributed by atoms with E-state index in [0.29, 0.717) is 12.2 Å². The summed E-state index contributed by atoms with van der Waals surface area (Å²) in [4.78, 5) is 34.4. The van der Waals surface area contributed by atoms with Gasteiger partial charge in [0.1, 0.15) is 18.8 Å². The lowest BCUT2D eigenvalue weighted by atomic mass is 10.2. The van der Waals surface area contributed by atoms with Crippen molar-refractivity contribution in [2.45, 2.75) is 13.3 Å². The zero-order valence-corrected chi connectivity index (χ0v) is 9.88. The molecule has 0 spiro atoms. The first-order valence-electron chi connectivity index (χ1n) is 5.31. The quantitative estimate of drug-likeness (QED) is 0.733. The number of nitrogens with zero attached hydrogens (tertiary/aromatic N) is 1. The van der Waals surface area contributed by atoms with E-state index >= 15 is 0 Å². The number of carbonyl (C=O) groups excluding carboxylic acids is 2. The Hall–Kier alpha value is -2.31. The summed E-state index contributed by atoms with van der Waals surface area (Å²) in [5.74, 6) is -2.13. The SMILES string of the molecule is CCc1occc1C(=O)N(CC(N)=O)CC(=O)O. The first kappa shape index (κ1) is 13.8. The van der Waals surface area contributed by atoms with Gasteiger partial charge < -0.3 is 20.2 Å². The first-order chi connectivity index (χ1) is 8.45. The van der Waals surface area contributed by atoms with E-state index in [2.05, 4.69) is 0 Å². The molecule has 1 aromatic rings. The second-order valence-electron chi connectivity index (χ2n) is 3.63. The van der Waals surface area contributed by atoms with Crippen LogP contribution in [-0.4, -0.2) is 40.9 Å². The van der Waals surface area contributed by atoms with Gasteiger partial charge in [-0.15, -0.1) is 0 Å². The Balaban J connectivity index is 2.94. The third-order valence-electron chi connectivity index (χ3n) is 2.26. The molecule has 98 valence electrons. The average molecular weight is 254 g/mol. The lowest BCUT2D eigenvalue weighted by molar-refractivity contribution is -0.138. The predicted octanol–water partition coefficient (Wildman–Crippen LogP) is -0.146. The number of amides is 2. The zero-order valence-electron chi connectivity index (χ0n) is 9.88. The fraction of sp³-hybridized carbons (Fsp3) is 0.364. The van der Waals surface area contributed by atoms with Crippen molar-refractivity contribution in [2.75, 3.05) is 13.1 Å². The van der Waals surface area contributed by atoms with Gasteiger partial charge in [-0.05, 0) is 6.07 Å². The summed E-state index contributed by atoms with van der Waals surface area (Å²) in [5.41, 5.74) is 5.23. The summed E-state index contributed by atoms with van der Waals surface area (Å²) in [6, 6.07) is 1.44. The van der Waals surface area contributed by atoms with Crippen LogP contribution in [0.2, 0.25) is 0 Å². The molecule has 0 atom stereocenters. The maximum atomic E-state index is 12.1. The molecule has 2 amide bonds. The summed E-state index contributed by atoms with van der Waals surface area (Å²) in [6.07, 6.45) is 1.83. The molecular formula is C11H14N2O5. The van der Waals surface area contributed by atoms with E-state index in [9.17, 15) is 14.4 Å². The van der Waals surface area contributed by atoms with Gasteiger partial charge in [0, 0.05) is 6.42 Å². The lowest BCUT2D eigenvalue weighted by Gasteiger charge is -2.18. The van der Waals surface area contributed by atoms with Gasteiger partial charge in [-0.1, -0.05) is 6.92 Å². The molecule has 18 heavy (non-hydrogen) atoms. The van der Waals surface area contributed by atoms with Crippen LogP contribution in [0.15, 0.2) is 16.7 Å². The van der Waals surface area contributed by atoms with Crippen molar-refractivity contribution >= 4 is 17.8 Å². The van der Waals surface area contributed by atoms with E-state index in [4.69, 9.17) is 15.3 Å². The highest BCUT2D eigenvalue weighted by Crippen LogP contribution is 2.13. The molecule has 1 aromatic heterocycles. The van der Waals surface area contributed by atoms with Crippen LogP contribution in [-0.2, 0) is 16.0 Å². The molecule has 0 aliphatic heterocycles. The number of primary amides is 1. The second-order valence-corrected chi connectivity index (χ2v) is 3.63. The van der Waals surface area contributed by atoms with Crippen molar-refractivity contribution in [3.05, 3.63) is 23.7 Å². The van der Waals surface area contributed by atoms with Gasteiger partial charge in [0.2, 0.25) is 5.91 Å². The predicted molar refractivity (Wildman–Crippen MR) is 60.8 cm³/mol. The summed E-state index contributed by atoms with van der Waals surface area (Å²) < 4.78 is 5.08. The smallest absolute Gasteiger partial charge is 0.323 e. The lowest BCUT2D eigenvalue weighted by Crippen LogP contribution is -2.41. The van der Waals surface area contributed by atoms with Crippen molar-refractivity contribution in [3.8, 4) is 0 Å². The Labute approximate surface area is 103 Å². The maximum absolute atomic E-state index is 12.1. The highest BCUT2D eigenvalue weighted by molar-refractivity contribution is 5.98. The van der Waals surface area contributed by atoms with Crippen molar-refractivity contribution in [2.24, 2.45) is 5.73 Å². The largest absolute Gasteiger partial charge is 0.480 e. The summed E-state index contributed by atoms with van der Waals surface area (Å²) >= 11 is 0. The fourth-order valence-electron chi connectivity index (χ4n) is 1.53. The number of carboxylic acid groups (broad SMARTS) is 1. The van der Waals surface area contributed by atoms with Crippen molar-refractivity contribution in [3.63, 3.8) is 0 Å². The zero-order chi connectivity index (χ0) is 13.7. The first-order valence-corrected chi connectivity index (χ1v) is 5.31. The Morgan fingerprint density at radius 1 is 1.39 bits per heavy atom. The van der Waals surface area contributed by atoms with Crippen molar-refractivity contribution < 1.29 is 23.9 Å². The molecular weight excluding hydrogens is 240 g/mol. The molecule has 1 heterocycles. The van der Waals surface area contributed by atoms with Crippen molar-refractivity contribution in [1.82, 2.24) is 4.90 Å². The molecule has 0 saturated heterocycles. The molecule has 0 aliphatic carbocycles. The Bertz CT molecular complexity index is 450. The molecule has 0 aromatic carbocycles. The topological polar surface area (TPSA) is 114 Å². The van der Waals surface area contributed by atoms with E-state index in [1.165, 1.54) is 12.3 Å². The molecule has 0 bridgehead atoms. The van der Waals surface area contributed by atoms with Crippen LogP contribution in [0, 0.1) is 0 Å². The van der Waals surface area contributed by atoms with Crippen LogP contribution in [0.3, 0.4) is 0 Å². The van der Waals surface area contributed by atoms with Gasteiger partial charge in [0.25, 0.3) is 5.91 Å². The van der Waals surface area contributed by atoms with Gasteiger partial charge in [-0.2, -0.15) is 0 Å². The molecule has 1 rings (SSSR count). The van der Waals surface area contributed by atoms with Crippen LogP contribution >= 0.6 is 0 Å². The van der Waals surface area contributed by atoms with Crippen LogP contribution in [0.1, 0.15) is 23.0 Å². The second kappa shape index (κ2) is 5.85. The normalized spacial score (nSPS) is 10.1. The van der Waals surface area contributed by atoms with Gasteiger partial charge in [-0.25, -0.2) is 0 Å². The van der Waals surface area contributed by atoms with Gasteiger partial charge in [0.15, 0.2) is 0 Å². The minimum Gasteiger partial charge on any atom is -0.480 e. The minimum absolute atomic E-state index is 0.250. The van der Waals surface area contributed by atoms with E-state index in [-0.39, 0.29) is 5.56 Å². The van der Waals surface area contributed by atoms with E-state index in [1.807, 2.05) is 0 Å². The molecule has 0 saturated carbocycles. The van der Waals surface area contributed by atoms with Gasteiger partial charge >= 0.3 is 5.97 Å². The Morgan fingerprint density at radius 3 is 2.56 bits per heavy atom. The minimum atomic E-state index is -1.22. The third-order valence-corrected chi connectivity index (χ3v) is 2.26. The Kier molecular flexibility index (Phi) is 4.47. The number of carbonyl (C=O) groups is 3. The number of rotatable bonds is 6. The van der Waals surface area contributed by atoms with E-state index < -0.39 is 30.9 Å². The number of aliphatic carboxylic acids is 1. The Morgan fingerprint density at radius 2 is 2.06 bits per heavy atom. The number of nitrogens with two attached hydrogens (primary N) is 1.